The van der Waals surface area contributed by atoms with Crippen LogP contribution in [0, 0.1) is 0 Å². The fraction of sp³-hybridized carbons (Fsp3) is 0.733. The van der Waals surface area contributed by atoms with Crippen molar-refractivity contribution >= 4 is 15.9 Å². The Kier molecular flexibility index (Phi) is 4.67. The fourth-order valence-electron chi connectivity index (χ4n) is 3.18. The third-order valence-electron chi connectivity index (χ3n) is 4.63. The number of amides is 1. The van der Waals surface area contributed by atoms with Crippen LogP contribution in [0.15, 0.2) is 6.07 Å². The van der Waals surface area contributed by atoms with Gasteiger partial charge in [-0.3, -0.25) is 9.48 Å². The average molecular weight is 356 g/mol. The van der Waals surface area contributed by atoms with E-state index in [1.165, 1.54) is 10.6 Å². The van der Waals surface area contributed by atoms with Crippen LogP contribution in [0.25, 0.3) is 0 Å². The van der Waals surface area contributed by atoms with Crippen molar-refractivity contribution in [2.45, 2.75) is 51.4 Å². The summed E-state index contributed by atoms with van der Waals surface area (Å²) in [6.45, 7) is 4.24. The van der Waals surface area contributed by atoms with Crippen molar-refractivity contribution in [3.63, 3.8) is 0 Å². The minimum Gasteiger partial charge on any atom is -0.365 e. The largest absolute Gasteiger partial charge is 0.365 e. The number of hydrogen-bond acceptors (Lipinski definition) is 5. The van der Waals surface area contributed by atoms with Crippen molar-refractivity contribution < 1.29 is 17.9 Å². The van der Waals surface area contributed by atoms with Crippen molar-refractivity contribution in [1.82, 2.24) is 19.4 Å². The van der Waals surface area contributed by atoms with Crippen molar-refractivity contribution in [3.8, 4) is 0 Å². The van der Waals surface area contributed by atoms with Crippen LogP contribution in [0.1, 0.15) is 37.6 Å². The van der Waals surface area contributed by atoms with Gasteiger partial charge in [0.1, 0.15) is 5.60 Å². The normalized spacial score (nSPS) is 25.2. The lowest BCUT2D eigenvalue weighted by atomic mass is 10.0. The van der Waals surface area contributed by atoms with Gasteiger partial charge in [0.25, 0.3) is 5.91 Å². The number of aromatic nitrogens is 2. The quantitative estimate of drug-likeness (QED) is 0.834. The predicted octanol–water partition coefficient (Wildman–Crippen LogP) is 0.234. The molecule has 0 aromatic carbocycles. The molecule has 9 heteroatoms. The van der Waals surface area contributed by atoms with Crippen LogP contribution < -0.4 is 5.32 Å². The molecular formula is C15H24N4O4S. The number of nitrogens with zero attached hydrogens (tertiary/aromatic N) is 3. The van der Waals surface area contributed by atoms with Gasteiger partial charge in [0.2, 0.25) is 10.0 Å². The molecule has 0 radical (unpaired) electrons. The molecule has 1 amide bonds. The molecule has 1 saturated heterocycles. The zero-order valence-corrected chi connectivity index (χ0v) is 14.9. The highest BCUT2D eigenvalue weighted by molar-refractivity contribution is 7.88. The Balaban J connectivity index is 1.66. The lowest BCUT2D eigenvalue weighted by molar-refractivity contribution is -0.139. The smallest absolute Gasteiger partial charge is 0.252 e. The number of sulfonamides is 1. The summed E-state index contributed by atoms with van der Waals surface area (Å²) in [5.41, 5.74) is 0.838. The third kappa shape index (κ3) is 3.62. The van der Waals surface area contributed by atoms with E-state index < -0.39 is 15.6 Å². The molecule has 1 atom stereocenters. The Bertz CT molecular complexity index is 722. The molecule has 24 heavy (non-hydrogen) atoms. The number of hydrogen-bond donors (Lipinski definition) is 1. The minimum atomic E-state index is -3.22. The van der Waals surface area contributed by atoms with Gasteiger partial charge < -0.3 is 10.1 Å². The summed E-state index contributed by atoms with van der Waals surface area (Å²) in [5.74, 6) is -0.124. The first-order valence-electron chi connectivity index (χ1n) is 8.21. The molecule has 2 aliphatic heterocycles. The highest BCUT2D eigenvalue weighted by Gasteiger charge is 2.37. The summed E-state index contributed by atoms with van der Waals surface area (Å²) in [4.78, 5) is 12.3. The molecule has 0 saturated carbocycles. The summed E-state index contributed by atoms with van der Waals surface area (Å²) in [7, 11) is -3.22. The molecule has 0 aliphatic carbocycles. The summed E-state index contributed by atoms with van der Waals surface area (Å²) in [6, 6.07) is 1.86. The molecule has 2 aliphatic rings. The minimum absolute atomic E-state index is 0.124. The molecule has 3 heterocycles. The molecule has 134 valence electrons. The van der Waals surface area contributed by atoms with Crippen LogP contribution in [0.4, 0.5) is 0 Å². The van der Waals surface area contributed by atoms with E-state index in [2.05, 4.69) is 10.4 Å². The molecule has 1 fully saturated rings. The Morgan fingerprint density at radius 2 is 2.21 bits per heavy atom. The first kappa shape index (κ1) is 17.4. The molecular weight excluding hydrogens is 332 g/mol. The van der Waals surface area contributed by atoms with Crippen LogP contribution in [-0.4, -0.2) is 53.4 Å². The second-order valence-electron chi connectivity index (χ2n) is 6.67. The van der Waals surface area contributed by atoms with E-state index in [1.807, 2.05) is 17.7 Å². The van der Waals surface area contributed by atoms with Gasteiger partial charge in [0.15, 0.2) is 0 Å². The van der Waals surface area contributed by atoms with Gasteiger partial charge in [-0.1, -0.05) is 0 Å². The van der Waals surface area contributed by atoms with Crippen LogP contribution >= 0.6 is 0 Å². The maximum atomic E-state index is 12.3. The Morgan fingerprint density at radius 3 is 2.88 bits per heavy atom. The molecule has 3 rings (SSSR count). The first-order valence-corrected chi connectivity index (χ1v) is 10.1. The molecule has 1 unspecified atom stereocenters. The SMILES string of the molecule is CC1(C(=O)NCc2cc3n(n2)CCCN(S(C)(=O)=O)C3)CCCO1. The number of aryl methyl sites for hydroxylation is 1. The van der Waals surface area contributed by atoms with Gasteiger partial charge in [-0.25, -0.2) is 8.42 Å². The van der Waals surface area contributed by atoms with E-state index in [0.29, 0.717) is 32.8 Å². The van der Waals surface area contributed by atoms with Crippen molar-refractivity contribution in [1.29, 1.82) is 0 Å². The highest BCUT2D eigenvalue weighted by Crippen LogP contribution is 2.25. The van der Waals surface area contributed by atoms with E-state index in [9.17, 15) is 13.2 Å². The third-order valence-corrected chi connectivity index (χ3v) is 5.88. The zero-order valence-electron chi connectivity index (χ0n) is 14.1. The van der Waals surface area contributed by atoms with Gasteiger partial charge in [-0.05, 0) is 32.3 Å². The molecule has 0 spiro atoms. The maximum absolute atomic E-state index is 12.3. The van der Waals surface area contributed by atoms with Gasteiger partial charge in [-0.2, -0.15) is 9.40 Å². The Morgan fingerprint density at radius 1 is 1.42 bits per heavy atom. The number of carbonyl (C=O) groups excluding carboxylic acids is 1. The van der Waals surface area contributed by atoms with Gasteiger partial charge in [0, 0.05) is 19.7 Å². The van der Waals surface area contributed by atoms with Gasteiger partial charge in [0.05, 0.1) is 30.7 Å². The monoisotopic (exact) mass is 356 g/mol. The molecule has 1 aromatic heterocycles. The van der Waals surface area contributed by atoms with Crippen LogP contribution in [0.2, 0.25) is 0 Å². The van der Waals surface area contributed by atoms with Gasteiger partial charge >= 0.3 is 0 Å². The van der Waals surface area contributed by atoms with E-state index in [-0.39, 0.29) is 5.91 Å². The standard InChI is InChI=1S/C15H24N4O4S/c1-15(5-3-8-23-15)14(20)16-10-12-9-13-11-18(24(2,21)22)6-4-7-19(13)17-12/h9H,3-8,10-11H2,1-2H3,(H,16,20). The predicted molar refractivity (Wildman–Crippen MR) is 87.5 cm³/mol. The topological polar surface area (TPSA) is 93.5 Å². The van der Waals surface area contributed by atoms with Crippen molar-refractivity contribution in [3.05, 3.63) is 17.5 Å². The summed E-state index contributed by atoms with van der Waals surface area (Å²) < 4.78 is 32.4. The molecule has 8 nitrogen and oxygen atoms in total. The summed E-state index contributed by atoms with van der Waals surface area (Å²) in [5, 5.41) is 7.36. The summed E-state index contributed by atoms with van der Waals surface area (Å²) in [6.07, 6.45) is 3.56. The summed E-state index contributed by atoms with van der Waals surface area (Å²) >= 11 is 0. The van der Waals surface area contributed by atoms with Crippen LogP contribution in [-0.2, 0) is 39.2 Å². The number of fused-ring (bicyclic) bond motifs is 1. The second-order valence-corrected chi connectivity index (χ2v) is 8.65. The molecule has 1 N–H and O–H groups in total. The Labute approximate surface area is 142 Å². The second kappa shape index (κ2) is 6.45. The molecule has 0 bridgehead atoms. The Hall–Kier alpha value is -1.45. The van der Waals surface area contributed by atoms with E-state index in [0.717, 1.165) is 30.7 Å². The lowest BCUT2D eigenvalue weighted by Crippen LogP contribution is -2.43. The molecule has 1 aromatic rings. The van der Waals surface area contributed by atoms with E-state index in [1.54, 1.807) is 0 Å². The fourth-order valence-corrected chi connectivity index (χ4v) is 4.01. The van der Waals surface area contributed by atoms with E-state index >= 15 is 0 Å². The number of nitrogens with one attached hydrogen (secondary N) is 1. The lowest BCUT2D eigenvalue weighted by Gasteiger charge is -2.21. The highest BCUT2D eigenvalue weighted by atomic mass is 32.2. The van der Waals surface area contributed by atoms with Gasteiger partial charge in [-0.15, -0.1) is 0 Å². The zero-order chi connectivity index (χ0) is 17.4. The van der Waals surface area contributed by atoms with Crippen molar-refractivity contribution in [2.24, 2.45) is 0 Å². The maximum Gasteiger partial charge on any atom is 0.252 e. The van der Waals surface area contributed by atoms with Crippen molar-refractivity contribution in [2.75, 3.05) is 19.4 Å². The average Bonchev–Trinajstić information content (AvgIpc) is 3.06. The van der Waals surface area contributed by atoms with E-state index in [4.69, 9.17) is 4.74 Å². The first-order chi connectivity index (χ1) is 11.3. The van der Waals surface area contributed by atoms with Crippen LogP contribution in [0.3, 0.4) is 0 Å². The van der Waals surface area contributed by atoms with Crippen LogP contribution in [0.5, 0.6) is 0 Å². The number of carbonyl (C=O) groups is 1. The number of ether oxygens (including phenoxy) is 1. The number of rotatable bonds is 4.